The number of aliphatic hydroxyl groups is 1. The van der Waals surface area contributed by atoms with Crippen molar-refractivity contribution in [2.75, 3.05) is 18.7 Å². The number of hydrogen-bond donors (Lipinski definition) is 2. The molecule has 222 valence electrons. The molecule has 0 spiro atoms. The van der Waals surface area contributed by atoms with Gasteiger partial charge in [0.25, 0.3) is 11.5 Å². The fraction of sp³-hybridized carbons (Fsp3) is 0.200. The van der Waals surface area contributed by atoms with Gasteiger partial charge in [0.15, 0.2) is 14.8 Å². The molecule has 0 saturated heterocycles. The molecule has 0 bridgehead atoms. The number of aromatic nitrogens is 4. The van der Waals surface area contributed by atoms with Crippen LogP contribution in [0.1, 0.15) is 23.0 Å². The molecule has 12 nitrogen and oxygen atoms in total. The number of nitrogens with one attached hydrogen (secondary N) is 1. The van der Waals surface area contributed by atoms with Crippen LogP contribution < -0.4 is 20.3 Å². The van der Waals surface area contributed by atoms with Crippen LogP contribution in [-0.4, -0.2) is 57.1 Å². The normalized spacial score (nSPS) is 13.0. The minimum atomic E-state index is -3.94. The molecule has 5 aromatic rings. The van der Waals surface area contributed by atoms with Crippen molar-refractivity contribution in [2.24, 2.45) is 0 Å². The maximum absolute atomic E-state index is 13.6. The Morgan fingerprint density at radius 1 is 1.05 bits per heavy atom. The summed E-state index contributed by atoms with van der Waals surface area (Å²) in [5.41, 5.74) is 0.327. The first kappa shape index (κ1) is 29.5. The molecule has 1 amide bonds. The second kappa shape index (κ2) is 11.3. The summed E-state index contributed by atoms with van der Waals surface area (Å²) in [6, 6.07) is 18.7. The predicted octanol–water partition coefficient (Wildman–Crippen LogP) is 3.70. The highest BCUT2D eigenvalue weighted by Gasteiger charge is 2.36. The Kier molecular flexibility index (Phi) is 7.78. The number of pyridine rings is 2. The number of methoxy groups -OCH3 is 1. The van der Waals surface area contributed by atoms with Crippen molar-refractivity contribution in [1.29, 1.82) is 0 Å². The fourth-order valence-corrected chi connectivity index (χ4v) is 4.82. The molecule has 3 aromatic heterocycles. The second-order valence-electron chi connectivity index (χ2n) is 10.0. The number of rotatable bonds is 9. The first-order valence-corrected chi connectivity index (χ1v) is 15.0. The van der Waals surface area contributed by atoms with Crippen LogP contribution in [0.15, 0.2) is 83.9 Å². The largest absolute Gasteiger partial charge is 0.497 e. The van der Waals surface area contributed by atoms with E-state index in [2.05, 4.69) is 15.3 Å². The van der Waals surface area contributed by atoms with Crippen LogP contribution in [0, 0.1) is 6.92 Å². The Bertz CT molecular complexity index is 1980. The van der Waals surface area contributed by atoms with Gasteiger partial charge in [-0.25, -0.2) is 18.1 Å². The summed E-state index contributed by atoms with van der Waals surface area (Å²) in [6.45, 7) is 2.16. The average Bonchev–Trinajstić information content (AvgIpc) is 3.21. The molecule has 0 saturated carbocycles. The van der Waals surface area contributed by atoms with E-state index in [1.165, 1.54) is 28.6 Å². The lowest BCUT2D eigenvalue weighted by Gasteiger charge is -2.24. The molecule has 3 heterocycles. The van der Waals surface area contributed by atoms with Crippen LogP contribution in [-0.2, 0) is 16.4 Å². The average molecular weight is 604 g/mol. The number of amides is 1. The monoisotopic (exact) mass is 603 g/mol. The summed E-state index contributed by atoms with van der Waals surface area (Å²) in [5.74, 6) is 1.02. The van der Waals surface area contributed by atoms with E-state index >= 15 is 0 Å². The maximum Gasteiger partial charge on any atom is 0.284 e. The maximum atomic E-state index is 13.6. The molecular formula is C30H29N5O7S. The number of carbonyl (C=O) groups is 1. The molecule has 0 radical (unpaired) electrons. The van der Waals surface area contributed by atoms with Crippen LogP contribution >= 0.6 is 0 Å². The van der Waals surface area contributed by atoms with Crippen molar-refractivity contribution in [3.63, 3.8) is 0 Å². The fourth-order valence-electron chi connectivity index (χ4n) is 4.46. The molecule has 0 aliphatic carbocycles. The van der Waals surface area contributed by atoms with Gasteiger partial charge >= 0.3 is 0 Å². The molecular weight excluding hydrogens is 574 g/mol. The van der Waals surface area contributed by atoms with Gasteiger partial charge in [-0.1, -0.05) is 18.2 Å². The van der Waals surface area contributed by atoms with Crippen molar-refractivity contribution in [2.45, 2.75) is 25.3 Å². The van der Waals surface area contributed by atoms with Crippen LogP contribution in [0.3, 0.4) is 0 Å². The van der Waals surface area contributed by atoms with E-state index in [9.17, 15) is 23.1 Å². The Morgan fingerprint density at radius 2 is 1.77 bits per heavy atom. The molecule has 2 N–H and O–H groups in total. The number of benzene rings is 2. The van der Waals surface area contributed by atoms with Gasteiger partial charge in [-0.15, -0.1) is 0 Å². The first-order chi connectivity index (χ1) is 20.4. The minimum absolute atomic E-state index is 0.155. The van der Waals surface area contributed by atoms with Crippen molar-refractivity contribution in [3.8, 4) is 22.9 Å². The van der Waals surface area contributed by atoms with Gasteiger partial charge in [-0.3, -0.25) is 19.3 Å². The molecule has 5 rings (SSSR count). The molecule has 0 aliphatic heterocycles. The molecule has 43 heavy (non-hydrogen) atoms. The SMILES string of the molecule is COc1ccc2c(Oc3ccc(NC(=O)c4c(C)n(CC(C)(O)S(C)(=O)=O)n(-c5ccccc5)c4=O)nc3)ccnc2c1. The summed E-state index contributed by atoms with van der Waals surface area (Å²) < 4.78 is 38.2. The van der Waals surface area contributed by atoms with Gasteiger partial charge in [-0.05, 0) is 56.3 Å². The van der Waals surface area contributed by atoms with E-state index in [1.54, 1.807) is 67.9 Å². The predicted molar refractivity (Wildman–Crippen MR) is 161 cm³/mol. The van der Waals surface area contributed by atoms with Crippen LogP contribution in [0.25, 0.3) is 16.6 Å². The van der Waals surface area contributed by atoms with Crippen LogP contribution in [0.4, 0.5) is 5.82 Å². The number of hydrogen-bond acceptors (Lipinski definition) is 9. The Balaban J connectivity index is 1.43. The van der Waals surface area contributed by atoms with Crippen molar-refractivity contribution in [1.82, 2.24) is 19.3 Å². The number of carbonyl (C=O) groups excluding carboxylic acids is 1. The molecule has 13 heteroatoms. The molecule has 0 fully saturated rings. The van der Waals surface area contributed by atoms with E-state index in [0.717, 1.165) is 18.6 Å². The van der Waals surface area contributed by atoms with Gasteiger partial charge in [0, 0.05) is 23.9 Å². The highest BCUT2D eigenvalue weighted by atomic mass is 32.2. The van der Waals surface area contributed by atoms with Crippen LogP contribution in [0.5, 0.6) is 17.2 Å². The highest BCUT2D eigenvalue weighted by Crippen LogP contribution is 2.31. The van der Waals surface area contributed by atoms with Gasteiger partial charge < -0.3 is 19.9 Å². The van der Waals surface area contributed by atoms with E-state index < -0.39 is 32.8 Å². The van der Waals surface area contributed by atoms with E-state index in [-0.39, 0.29) is 17.1 Å². The van der Waals surface area contributed by atoms with Crippen molar-refractivity contribution < 1.29 is 27.8 Å². The Hall–Kier alpha value is -5.01. The van der Waals surface area contributed by atoms with Gasteiger partial charge in [0.1, 0.15) is 28.6 Å². The topological polar surface area (TPSA) is 155 Å². The molecule has 1 atom stereocenters. The quantitative estimate of drug-likeness (QED) is 0.257. The third-order valence-corrected chi connectivity index (χ3v) is 8.71. The Morgan fingerprint density at radius 3 is 2.42 bits per heavy atom. The molecule has 2 aromatic carbocycles. The zero-order valence-electron chi connectivity index (χ0n) is 23.8. The lowest BCUT2D eigenvalue weighted by molar-refractivity contribution is 0.102. The van der Waals surface area contributed by atoms with E-state index in [4.69, 9.17) is 9.47 Å². The second-order valence-corrected chi connectivity index (χ2v) is 12.5. The highest BCUT2D eigenvalue weighted by molar-refractivity contribution is 7.91. The summed E-state index contributed by atoms with van der Waals surface area (Å²) in [5, 5.41) is 14.1. The number of para-hydroxylation sites is 1. The van der Waals surface area contributed by atoms with Crippen LogP contribution in [0.2, 0.25) is 0 Å². The number of nitrogens with zero attached hydrogens (tertiary/aromatic N) is 4. The smallest absolute Gasteiger partial charge is 0.284 e. The van der Waals surface area contributed by atoms with Crippen molar-refractivity contribution >= 4 is 32.5 Å². The first-order valence-electron chi connectivity index (χ1n) is 13.1. The zero-order valence-corrected chi connectivity index (χ0v) is 24.6. The third kappa shape index (κ3) is 5.85. The number of sulfone groups is 1. The third-order valence-electron chi connectivity index (χ3n) is 6.98. The number of ether oxygens (including phenoxy) is 2. The van der Waals surface area contributed by atoms with Gasteiger partial charge in [0.2, 0.25) is 0 Å². The zero-order chi connectivity index (χ0) is 30.9. The standard InChI is InChI=1S/C30H29N5O7S/c1-19-27(29(37)35(20-8-6-5-7-9-20)34(19)18-30(2,38)43(4,39)40)28(36)33-26-13-11-22(17-32-26)42-25-14-15-31-24-16-21(41-3)10-12-23(24)25/h5-17,38H,18H2,1-4H3,(H,32,33,36). The summed E-state index contributed by atoms with van der Waals surface area (Å²) in [4.78, 5) is 33.4. The van der Waals surface area contributed by atoms with E-state index in [1.807, 2.05) is 6.07 Å². The minimum Gasteiger partial charge on any atom is -0.497 e. The van der Waals surface area contributed by atoms with E-state index in [0.29, 0.717) is 28.5 Å². The molecule has 1 unspecified atom stereocenters. The molecule has 0 aliphatic rings. The number of anilines is 1. The lowest BCUT2D eigenvalue weighted by Crippen LogP contribution is -2.41. The van der Waals surface area contributed by atoms with Crippen molar-refractivity contribution in [3.05, 3.63) is 101 Å². The lowest BCUT2D eigenvalue weighted by atomic mass is 10.2. The number of fused-ring (bicyclic) bond motifs is 1. The summed E-state index contributed by atoms with van der Waals surface area (Å²) in [6.07, 6.45) is 3.94. The summed E-state index contributed by atoms with van der Waals surface area (Å²) >= 11 is 0. The summed E-state index contributed by atoms with van der Waals surface area (Å²) in [7, 11) is -2.37. The van der Waals surface area contributed by atoms with Gasteiger partial charge in [0.05, 0.1) is 36.7 Å². The Labute approximate surface area is 247 Å². The van der Waals surface area contributed by atoms with Gasteiger partial charge in [-0.2, -0.15) is 0 Å².